The van der Waals surface area contributed by atoms with Crippen LogP contribution in [-0.4, -0.2) is 21.7 Å². The van der Waals surface area contributed by atoms with E-state index in [1.807, 2.05) is 24.3 Å². The summed E-state index contributed by atoms with van der Waals surface area (Å²) in [6, 6.07) is 9.80. The van der Waals surface area contributed by atoms with Crippen molar-refractivity contribution in [1.29, 1.82) is 5.26 Å². The zero-order chi connectivity index (χ0) is 16.0. The maximum atomic E-state index is 9.09. The molecule has 0 N–H and O–H groups in total. The Bertz CT molecular complexity index is 943. The van der Waals surface area contributed by atoms with Gasteiger partial charge in [-0.15, -0.1) is 0 Å². The number of nitrogens with zero attached hydrogens (tertiary/aromatic N) is 4. The molecule has 1 aromatic carbocycles. The Balaban J connectivity index is 1.70. The minimum atomic E-state index is 0.359. The topological polar surface area (TPSA) is 63.2 Å². The molecule has 5 nitrogen and oxygen atoms in total. The summed E-state index contributed by atoms with van der Waals surface area (Å²) in [4.78, 5) is 4.38. The minimum Gasteiger partial charge on any atom is -0.495 e. The largest absolute Gasteiger partial charge is 0.495 e. The molecule has 3 aromatic rings. The number of ether oxygens (including phenoxy) is 1. The zero-order valence-electron chi connectivity index (χ0n) is 12.4. The molecule has 2 atom stereocenters. The van der Waals surface area contributed by atoms with E-state index in [-0.39, 0.29) is 0 Å². The summed E-state index contributed by atoms with van der Waals surface area (Å²) in [5, 5.41) is 13.8. The molecular weight excluding hydrogens is 312 g/mol. The number of nitriles is 1. The average Bonchev–Trinajstić information content (AvgIpc) is 3.23. The fourth-order valence-corrected chi connectivity index (χ4v) is 3.32. The Kier molecular flexibility index (Phi) is 3.21. The van der Waals surface area contributed by atoms with E-state index in [1.54, 1.807) is 24.0 Å². The van der Waals surface area contributed by atoms with Crippen molar-refractivity contribution in [2.75, 3.05) is 7.11 Å². The predicted molar refractivity (Wildman–Crippen MR) is 85.8 cm³/mol. The summed E-state index contributed by atoms with van der Waals surface area (Å²) in [7, 11) is 1.58. The van der Waals surface area contributed by atoms with Crippen LogP contribution in [0.3, 0.4) is 0 Å². The second-order valence-electron chi connectivity index (χ2n) is 5.64. The highest BCUT2D eigenvalue weighted by Crippen LogP contribution is 2.56. The number of methoxy groups -OCH3 is 1. The van der Waals surface area contributed by atoms with Gasteiger partial charge in [0.1, 0.15) is 17.0 Å². The molecule has 0 saturated heterocycles. The number of rotatable bonds is 3. The first-order valence-electron chi connectivity index (χ1n) is 7.29. The van der Waals surface area contributed by atoms with Crippen molar-refractivity contribution in [3.8, 4) is 11.8 Å². The fourth-order valence-electron chi connectivity index (χ4n) is 3.12. The highest BCUT2D eigenvalue weighted by Gasteiger charge is 2.41. The Morgan fingerprint density at radius 2 is 2.22 bits per heavy atom. The highest BCUT2D eigenvalue weighted by molar-refractivity contribution is 6.29. The van der Waals surface area contributed by atoms with Gasteiger partial charge in [0, 0.05) is 18.0 Å². The Hall–Kier alpha value is -2.58. The van der Waals surface area contributed by atoms with Gasteiger partial charge in [-0.05, 0) is 42.0 Å². The van der Waals surface area contributed by atoms with E-state index >= 15 is 0 Å². The van der Waals surface area contributed by atoms with E-state index in [0.29, 0.717) is 28.3 Å². The number of hydrogen-bond donors (Lipinski definition) is 0. The van der Waals surface area contributed by atoms with Crippen LogP contribution in [0.25, 0.3) is 5.65 Å². The molecule has 1 fully saturated rings. The lowest BCUT2D eigenvalue weighted by atomic mass is 10.0. The van der Waals surface area contributed by atoms with Gasteiger partial charge in [-0.25, -0.2) is 9.50 Å². The van der Waals surface area contributed by atoms with Gasteiger partial charge in [0.15, 0.2) is 5.65 Å². The smallest absolute Gasteiger partial charge is 0.157 e. The molecule has 2 aromatic heterocycles. The van der Waals surface area contributed by atoms with Gasteiger partial charge in [-0.3, -0.25) is 0 Å². The quantitative estimate of drug-likeness (QED) is 0.739. The summed E-state index contributed by atoms with van der Waals surface area (Å²) in [6.45, 7) is 0. The van der Waals surface area contributed by atoms with E-state index < -0.39 is 0 Å². The van der Waals surface area contributed by atoms with E-state index in [4.69, 9.17) is 21.6 Å². The van der Waals surface area contributed by atoms with E-state index in [2.05, 4.69) is 16.2 Å². The third-order valence-electron chi connectivity index (χ3n) is 4.32. The highest BCUT2D eigenvalue weighted by atomic mass is 35.5. The van der Waals surface area contributed by atoms with Crippen LogP contribution in [0.1, 0.15) is 34.9 Å². The van der Waals surface area contributed by atoms with Crippen LogP contribution < -0.4 is 4.74 Å². The Morgan fingerprint density at radius 1 is 1.35 bits per heavy atom. The minimum absolute atomic E-state index is 0.359. The molecule has 0 spiro atoms. The molecule has 0 bridgehead atoms. The number of imidazole rings is 1. The Labute approximate surface area is 138 Å². The molecule has 23 heavy (non-hydrogen) atoms. The molecule has 1 saturated carbocycles. The lowest BCUT2D eigenvalue weighted by Gasteiger charge is -2.07. The van der Waals surface area contributed by atoms with Gasteiger partial charge in [-0.2, -0.15) is 10.4 Å². The lowest BCUT2D eigenvalue weighted by Crippen LogP contribution is -1.97. The van der Waals surface area contributed by atoms with Gasteiger partial charge in [0.05, 0.1) is 12.7 Å². The number of hydrogen-bond acceptors (Lipinski definition) is 4. The Morgan fingerprint density at radius 3 is 3.00 bits per heavy atom. The summed E-state index contributed by atoms with van der Waals surface area (Å²) in [6.07, 6.45) is 4.55. The van der Waals surface area contributed by atoms with Crippen molar-refractivity contribution < 1.29 is 4.74 Å². The van der Waals surface area contributed by atoms with Crippen molar-refractivity contribution >= 4 is 17.2 Å². The van der Waals surface area contributed by atoms with Crippen molar-refractivity contribution in [1.82, 2.24) is 14.6 Å². The van der Waals surface area contributed by atoms with Crippen LogP contribution in [0, 0.1) is 11.3 Å². The van der Waals surface area contributed by atoms with Gasteiger partial charge in [-0.1, -0.05) is 17.7 Å². The molecule has 1 aliphatic rings. The number of fused-ring (bicyclic) bond motifs is 1. The SMILES string of the molecule is COc1cc([C@H]2CC2c2cc(Cl)nn3ccnc23)ccc1C#N. The van der Waals surface area contributed by atoms with Gasteiger partial charge >= 0.3 is 0 Å². The average molecular weight is 325 g/mol. The molecule has 0 amide bonds. The van der Waals surface area contributed by atoms with E-state index in [1.165, 1.54) is 5.56 Å². The molecule has 1 unspecified atom stereocenters. The molecule has 4 rings (SSSR count). The lowest BCUT2D eigenvalue weighted by molar-refractivity contribution is 0.413. The first-order chi connectivity index (χ1) is 11.2. The number of aromatic nitrogens is 3. The van der Waals surface area contributed by atoms with Crippen molar-refractivity contribution in [3.63, 3.8) is 0 Å². The summed E-state index contributed by atoms with van der Waals surface area (Å²) in [5.74, 6) is 1.36. The maximum absolute atomic E-state index is 9.09. The zero-order valence-corrected chi connectivity index (χ0v) is 13.2. The van der Waals surface area contributed by atoms with Gasteiger partial charge in [0.25, 0.3) is 0 Å². The fraction of sp³-hybridized carbons (Fsp3) is 0.235. The molecule has 2 heterocycles. The van der Waals surface area contributed by atoms with Crippen molar-refractivity contribution in [3.05, 3.63) is 58.5 Å². The first-order valence-corrected chi connectivity index (χ1v) is 7.67. The monoisotopic (exact) mass is 324 g/mol. The van der Waals surface area contributed by atoms with Crippen LogP contribution in [0.5, 0.6) is 5.75 Å². The molecule has 0 aliphatic heterocycles. The summed E-state index contributed by atoms with van der Waals surface area (Å²) in [5.41, 5.74) is 3.69. The maximum Gasteiger partial charge on any atom is 0.157 e. The first kappa shape index (κ1) is 14.0. The van der Waals surface area contributed by atoms with E-state index in [0.717, 1.165) is 17.6 Å². The van der Waals surface area contributed by atoms with Crippen LogP contribution in [-0.2, 0) is 0 Å². The van der Waals surface area contributed by atoms with Crippen molar-refractivity contribution in [2.24, 2.45) is 0 Å². The van der Waals surface area contributed by atoms with Crippen LogP contribution in [0.2, 0.25) is 5.15 Å². The normalized spacial score (nSPS) is 19.5. The molecule has 0 radical (unpaired) electrons. The van der Waals surface area contributed by atoms with Gasteiger partial charge < -0.3 is 4.74 Å². The summed E-state index contributed by atoms with van der Waals surface area (Å²) < 4.78 is 7.02. The second kappa shape index (κ2) is 5.25. The molecule has 6 heteroatoms. The number of benzene rings is 1. The third-order valence-corrected chi connectivity index (χ3v) is 4.51. The molecule has 114 valence electrons. The summed E-state index contributed by atoms with van der Waals surface area (Å²) >= 11 is 6.12. The molecule has 1 aliphatic carbocycles. The predicted octanol–water partition coefficient (Wildman–Crippen LogP) is 3.53. The van der Waals surface area contributed by atoms with Crippen LogP contribution in [0.4, 0.5) is 0 Å². The van der Waals surface area contributed by atoms with Gasteiger partial charge in [0.2, 0.25) is 0 Å². The standard InChI is InChI=1S/C17H13ClN4O/c1-23-15-6-10(2-3-11(15)9-19)12-7-13(12)14-8-16(18)21-22-5-4-20-17(14)22/h2-6,8,12-13H,7H2,1H3/t12-,13?/m1/s1. The van der Waals surface area contributed by atoms with E-state index in [9.17, 15) is 0 Å². The second-order valence-corrected chi connectivity index (χ2v) is 6.03. The van der Waals surface area contributed by atoms with Crippen molar-refractivity contribution in [2.45, 2.75) is 18.3 Å². The van der Waals surface area contributed by atoms with Crippen LogP contribution in [0.15, 0.2) is 36.7 Å². The van der Waals surface area contributed by atoms with Crippen LogP contribution >= 0.6 is 11.6 Å². The number of halogens is 1. The molecular formula is C17H13ClN4O. The third kappa shape index (κ3) is 2.32.